The van der Waals surface area contributed by atoms with E-state index in [1.165, 1.54) is 30.4 Å². The summed E-state index contributed by atoms with van der Waals surface area (Å²) in [4.78, 5) is 0. The van der Waals surface area contributed by atoms with Gasteiger partial charge in [-0.15, -0.1) is 0 Å². The van der Waals surface area contributed by atoms with Crippen molar-refractivity contribution in [1.82, 2.24) is 9.78 Å². The highest BCUT2D eigenvalue weighted by Gasteiger charge is 2.26. The van der Waals surface area contributed by atoms with Crippen LogP contribution in [0.1, 0.15) is 47.8 Å². The molecule has 2 aromatic rings. The first kappa shape index (κ1) is 14.3. The van der Waals surface area contributed by atoms with Crippen LogP contribution in [-0.4, -0.2) is 14.9 Å². The molecule has 1 N–H and O–H groups in total. The van der Waals surface area contributed by atoms with Crippen molar-refractivity contribution in [1.29, 1.82) is 0 Å². The van der Waals surface area contributed by atoms with Crippen LogP contribution in [0.15, 0.2) is 24.3 Å². The Labute approximate surface area is 126 Å². The van der Waals surface area contributed by atoms with Gasteiger partial charge in [0.2, 0.25) is 0 Å². The van der Waals surface area contributed by atoms with E-state index in [1.807, 2.05) is 31.6 Å². The number of fused-ring (bicyclic) bond motifs is 1. The highest BCUT2D eigenvalue weighted by Crippen LogP contribution is 2.30. The van der Waals surface area contributed by atoms with E-state index in [-0.39, 0.29) is 0 Å². The first-order chi connectivity index (χ1) is 9.95. The van der Waals surface area contributed by atoms with Crippen LogP contribution < -0.4 is 0 Å². The van der Waals surface area contributed by atoms with Crippen LogP contribution in [0.25, 0.3) is 0 Å². The van der Waals surface area contributed by atoms with Gasteiger partial charge < -0.3 is 5.11 Å². The van der Waals surface area contributed by atoms with E-state index < -0.39 is 5.60 Å². The Morgan fingerprint density at radius 3 is 2.57 bits per heavy atom. The van der Waals surface area contributed by atoms with Gasteiger partial charge in [0, 0.05) is 19.2 Å². The lowest BCUT2D eigenvalue weighted by molar-refractivity contribution is 0.0555. The van der Waals surface area contributed by atoms with E-state index >= 15 is 0 Å². The smallest absolute Gasteiger partial charge is 0.0923 e. The third-order valence-corrected chi connectivity index (χ3v) is 4.59. The van der Waals surface area contributed by atoms with Crippen LogP contribution in [0.5, 0.6) is 0 Å². The predicted molar refractivity (Wildman–Crippen MR) is 84.3 cm³/mol. The lowest BCUT2D eigenvalue weighted by Crippen LogP contribution is -2.26. The molecule has 1 aliphatic rings. The molecular formula is C18H24N2O. The van der Waals surface area contributed by atoms with E-state index in [9.17, 15) is 5.11 Å². The fraction of sp³-hybridized carbons (Fsp3) is 0.500. The molecule has 0 spiro atoms. The second kappa shape index (κ2) is 5.30. The van der Waals surface area contributed by atoms with Gasteiger partial charge >= 0.3 is 0 Å². The highest BCUT2D eigenvalue weighted by molar-refractivity contribution is 5.36. The molecule has 3 heteroatoms. The maximum Gasteiger partial charge on any atom is 0.0923 e. The Bertz CT molecular complexity index is 655. The largest absolute Gasteiger partial charge is 0.385 e. The zero-order chi connectivity index (χ0) is 15.0. The maximum absolute atomic E-state index is 10.9. The highest BCUT2D eigenvalue weighted by atomic mass is 16.3. The zero-order valence-electron chi connectivity index (χ0n) is 13.2. The van der Waals surface area contributed by atoms with Crippen molar-refractivity contribution in [2.24, 2.45) is 7.05 Å². The van der Waals surface area contributed by atoms with E-state index in [2.05, 4.69) is 23.3 Å². The van der Waals surface area contributed by atoms with Crippen LogP contribution in [0.2, 0.25) is 0 Å². The molecule has 3 nitrogen and oxygen atoms in total. The first-order valence-electron chi connectivity index (χ1n) is 7.80. The van der Waals surface area contributed by atoms with Gasteiger partial charge in [0.25, 0.3) is 0 Å². The quantitative estimate of drug-likeness (QED) is 0.940. The summed E-state index contributed by atoms with van der Waals surface area (Å²) in [7, 11) is 1.94. The molecule has 0 amide bonds. The monoisotopic (exact) mass is 284 g/mol. The molecule has 1 atom stereocenters. The van der Waals surface area contributed by atoms with E-state index in [0.717, 1.165) is 23.4 Å². The molecule has 1 unspecified atom stereocenters. The Kier molecular flexibility index (Phi) is 3.62. The van der Waals surface area contributed by atoms with E-state index in [0.29, 0.717) is 6.42 Å². The van der Waals surface area contributed by atoms with Gasteiger partial charge in [0.1, 0.15) is 0 Å². The summed E-state index contributed by atoms with van der Waals surface area (Å²) >= 11 is 0. The summed E-state index contributed by atoms with van der Waals surface area (Å²) in [5.74, 6) is 0. The molecule has 0 bridgehead atoms. The number of hydrogen-bond donors (Lipinski definition) is 1. The molecule has 0 saturated heterocycles. The number of rotatable bonds is 3. The first-order valence-corrected chi connectivity index (χ1v) is 7.80. The molecule has 1 aromatic carbocycles. The van der Waals surface area contributed by atoms with Gasteiger partial charge in [0.05, 0.1) is 11.3 Å². The van der Waals surface area contributed by atoms with Gasteiger partial charge in [-0.25, -0.2) is 0 Å². The normalized spacial score (nSPS) is 17.3. The summed E-state index contributed by atoms with van der Waals surface area (Å²) in [6.45, 7) is 3.89. The molecule has 3 rings (SSSR count). The molecule has 0 saturated carbocycles. The molecule has 0 radical (unpaired) electrons. The maximum atomic E-state index is 10.9. The minimum absolute atomic E-state index is 0.586. The van der Waals surface area contributed by atoms with Crippen LogP contribution in [-0.2, 0) is 31.9 Å². The summed E-state index contributed by atoms with van der Waals surface area (Å²) in [6, 6.07) is 8.55. The number of aromatic nitrogens is 2. The number of nitrogens with zero attached hydrogens (tertiary/aromatic N) is 2. The SMILES string of the molecule is Cc1cc(CC(C)(O)c2ccc3c(c2)CCCC3)n(C)n1. The van der Waals surface area contributed by atoms with Crippen LogP contribution in [0, 0.1) is 6.92 Å². The molecule has 0 fully saturated rings. The van der Waals surface area contributed by atoms with Gasteiger partial charge in [-0.1, -0.05) is 18.2 Å². The summed E-state index contributed by atoms with van der Waals surface area (Å²) < 4.78 is 1.86. The molecule has 1 aliphatic carbocycles. The van der Waals surface area contributed by atoms with Crippen LogP contribution >= 0.6 is 0 Å². The Morgan fingerprint density at radius 1 is 1.19 bits per heavy atom. The van der Waals surface area contributed by atoms with Gasteiger partial charge in [-0.3, -0.25) is 4.68 Å². The molecule has 1 heterocycles. The van der Waals surface area contributed by atoms with E-state index in [4.69, 9.17) is 0 Å². The van der Waals surface area contributed by atoms with Crippen molar-refractivity contribution in [2.75, 3.05) is 0 Å². The minimum atomic E-state index is -0.854. The second-order valence-electron chi connectivity index (χ2n) is 6.54. The predicted octanol–water partition coefficient (Wildman–Crippen LogP) is 3.06. The van der Waals surface area contributed by atoms with Crippen molar-refractivity contribution in [3.8, 4) is 0 Å². The lowest BCUT2D eigenvalue weighted by Gasteiger charge is -2.26. The Balaban J connectivity index is 1.89. The third-order valence-electron chi connectivity index (χ3n) is 4.59. The number of benzene rings is 1. The molecular weight excluding hydrogens is 260 g/mol. The zero-order valence-corrected chi connectivity index (χ0v) is 13.2. The van der Waals surface area contributed by atoms with Crippen molar-refractivity contribution in [2.45, 2.75) is 51.6 Å². The second-order valence-corrected chi connectivity index (χ2v) is 6.54. The average Bonchev–Trinajstić information content (AvgIpc) is 2.75. The summed E-state index contributed by atoms with van der Waals surface area (Å²) in [5.41, 5.74) is 5.09. The Hall–Kier alpha value is -1.61. The average molecular weight is 284 g/mol. The van der Waals surface area contributed by atoms with E-state index in [1.54, 1.807) is 0 Å². The summed E-state index contributed by atoms with van der Waals surface area (Å²) in [5, 5.41) is 15.3. The fourth-order valence-electron chi connectivity index (χ4n) is 3.35. The van der Waals surface area contributed by atoms with Crippen molar-refractivity contribution in [3.05, 3.63) is 52.3 Å². The van der Waals surface area contributed by atoms with Crippen molar-refractivity contribution in [3.63, 3.8) is 0 Å². The lowest BCUT2D eigenvalue weighted by atomic mass is 9.84. The Morgan fingerprint density at radius 2 is 1.90 bits per heavy atom. The molecule has 0 aliphatic heterocycles. The number of aryl methyl sites for hydroxylation is 4. The number of hydrogen-bond acceptors (Lipinski definition) is 2. The molecule has 112 valence electrons. The molecule has 1 aromatic heterocycles. The standard InChI is InChI=1S/C18H24N2O/c1-13-10-17(20(3)19-13)12-18(2,21)16-9-8-14-6-4-5-7-15(14)11-16/h8-11,21H,4-7,12H2,1-3H3. The fourth-order valence-corrected chi connectivity index (χ4v) is 3.35. The molecule has 21 heavy (non-hydrogen) atoms. The van der Waals surface area contributed by atoms with Gasteiger partial charge in [-0.2, -0.15) is 5.10 Å². The topological polar surface area (TPSA) is 38.0 Å². The van der Waals surface area contributed by atoms with Crippen molar-refractivity contribution < 1.29 is 5.11 Å². The van der Waals surface area contributed by atoms with Gasteiger partial charge in [0.15, 0.2) is 0 Å². The third kappa shape index (κ3) is 2.88. The van der Waals surface area contributed by atoms with Crippen LogP contribution in [0.3, 0.4) is 0 Å². The summed E-state index contributed by atoms with van der Waals surface area (Å²) in [6.07, 6.45) is 5.46. The van der Waals surface area contributed by atoms with Gasteiger partial charge in [-0.05, 0) is 62.3 Å². The minimum Gasteiger partial charge on any atom is -0.385 e. The van der Waals surface area contributed by atoms with Crippen molar-refractivity contribution >= 4 is 0 Å². The number of aliphatic hydroxyl groups is 1. The van der Waals surface area contributed by atoms with Crippen LogP contribution in [0.4, 0.5) is 0 Å².